The molecule has 0 fully saturated rings. The number of carbonyl (C=O) groups excluding carboxylic acids is 2. The fourth-order valence-corrected chi connectivity index (χ4v) is 0.936. The molecule has 1 unspecified atom stereocenters. The van der Waals surface area contributed by atoms with E-state index in [2.05, 4.69) is 10.3 Å². The number of hydrogen-bond donors (Lipinski definition) is 3. The molecule has 0 aliphatic heterocycles. The van der Waals surface area contributed by atoms with Gasteiger partial charge >= 0.3 is 0 Å². The standard InChI is InChI=1S/C9H10FN3O3/c10-7-3-5(1-2-12-7)9(16)13-4-6(14)8(11)15/h1-3,6,14H,4H2,(H2,11,15)(H,13,16). The van der Waals surface area contributed by atoms with Crippen molar-refractivity contribution in [3.8, 4) is 0 Å². The summed E-state index contributed by atoms with van der Waals surface area (Å²) in [7, 11) is 0. The van der Waals surface area contributed by atoms with Crippen LogP contribution in [0, 0.1) is 5.95 Å². The van der Waals surface area contributed by atoms with E-state index in [0.717, 1.165) is 12.3 Å². The summed E-state index contributed by atoms with van der Waals surface area (Å²) in [6, 6.07) is 2.24. The molecule has 1 aromatic heterocycles. The van der Waals surface area contributed by atoms with Gasteiger partial charge in [0.15, 0.2) is 0 Å². The maximum absolute atomic E-state index is 12.6. The van der Waals surface area contributed by atoms with E-state index in [1.54, 1.807) is 0 Å². The minimum Gasteiger partial charge on any atom is -0.381 e. The van der Waals surface area contributed by atoms with Gasteiger partial charge in [-0.25, -0.2) is 4.98 Å². The number of primary amides is 1. The van der Waals surface area contributed by atoms with Crippen molar-refractivity contribution in [3.05, 3.63) is 29.8 Å². The van der Waals surface area contributed by atoms with Gasteiger partial charge < -0.3 is 16.2 Å². The zero-order valence-electron chi connectivity index (χ0n) is 8.18. The third-order valence-corrected chi connectivity index (χ3v) is 1.77. The van der Waals surface area contributed by atoms with Gasteiger partial charge in [-0.1, -0.05) is 0 Å². The Hall–Kier alpha value is -2.02. The predicted octanol–water partition coefficient (Wildman–Crippen LogP) is -1.20. The van der Waals surface area contributed by atoms with Crippen LogP contribution in [0.5, 0.6) is 0 Å². The first-order chi connectivity index (χ1) is 7.50. The van der Waals surface area contributed by atoms with Gasteiger partial charge in [-0.2, -0.15) is 4.39 Å². The lowest BCUT2D eigenvalue weighted by Gasteiger charge is -2.08. The molecular weight excluding hydrogens is 217 g/mol. The van der Waals surface area contributed by atoms with Crippen molar-refractivity contribution >= 4 is 11.8 Å². The van der Waals surface area contributed by atoms with Crippen LogP contribution >= 0.6 is 0 Å². The lowest BCUT2D eigenvalue weighted by atomic mass is 10.2. The number of hydrogen-bond acceptors (Lipinski definition) is 4. The van der Waals surface area contributed by atoms with Crippen LogP contribution in [0.3, 0.4) is 0 Å². The molecular formula is C9H10FN3O3. The molecule has 6 nitrogen and oxygen atoms in total. The molecule has 0 saturated heterocycles. The van der Waals surface area contributed by atoms with E-state index < -0.39 is 23.9 Å². The van der Waals surface area contributed by atoms with Gasteiger partial charge in [0.05, 0.1) is 6.54 Å². The molecule has 0 aliphatic rings. The van der Waals surface area contributed by atoms with Crippen LogP contribution in [-0.4, -0.2) is 34.6 Å². The smallest absolute Gasteiger partial charge is 0.251 e. The van der Waals surface area contributed by atoms with Crippen LogP contribution in [0.15, 0.2) is 18.3 Å². The number of aliphatic hydroxyl groups is 1. The molecule has 2 amide bonds. The Kier molecular flexibility index (Phi) is 3.90. The molecule has 1 heterocycles. The van der Waals surface area contributed by atoms with Gasteiger partial charge in [0, 0.05) is 17.8 Å². The molecule has 0 radical (unpaired) electrons. The molecule has 86 valence electrons. The second-order valence-electron chi connectivity index (χ2n) is 3.00. The maximum Gasteiger partial charge on any atom is 0.251 e. The van der Waals surface area contributed by atoms with Crippen LogP contribution in [0.25, 0.3) is 0 Å². The quantitative estimate of drug-likeness (QED) is 0.561. The first-order valence-electron chi connectivity index (χ1n) is 4.38. The van der Waals surface area contributed by atoms with E-state index in [0.29, 0.717) is 0 Å². The van der Waals surface area contributed by atoms with Crippen molar-refractivity contribution in [1.29, 1.82) is 0 Å². The molecule has 0 aromatic carbocycles. The minimum atomic E-state index is -1.46. The number of carbonyl (C=O) groups is 2. The van der Waals surface area contributed by atoms with Gasteiger partial charge in [0.1, 0.15) is 6.10 Å². The van der Waals surface area contributed by atoms with Crippen molar-refractivity contribution in [3.63, 3.8) is 0 Å². The Bertz CT molecular complexity index is 411. The molecule has 7 heteroatoms. The third kappa shape index (κ3) is 3.28. The van der Waals surface area contributed by atoms with Crippen LogP contribution < -0.4 is 11.1 Å². The Morgan fingerprint density at radius 3 is 2.88 bits per heavy atom. The molecule has 0 spiro atoms. The summed E-state index contributed by atoms with van der Waals surface area (Å²) < 4.78 is 12.6. The number of pyridine rings is 1. The molecule has 1 atom stereocenters. The summed E-state index contributed by atoms with van der Waals surface area (Å²) in [5, 5.41) is 11.2. The van der Waals surface area contributed by atoms with Gasteiger partial charge in [-0.05, 0) is 6.07 Å². The fourth-order valence-electron chi connectivity index (χ4n) is 0.936. The molecule has 4 N–H and O–H groups in total. The SMILES string of the molecule is NC(=O)C(O)CNC(=O)c1ccnc(F)c1. The topological polar surface area (TPSA) is 105 Å². The Labute approximate surface area is 90.3 Å². The average Bonchev–Trinajstić information content (AvgIpc) is 2.25. The highest BCUT2D eigenvalue weighted by Crippen LogP contribution is 1.99. The van der Waals surface area contributed by atoms with Crippen molar-refractivity contribution in [2.75, 3.05) is 6.54 Å². The number of rotatable bonds is 4. The lowest BCUT2D eigenvalue weighted by Crippen LogP contribution is -2.40. The van der Waals surface area contributed by atoms with Crippen LogP contribution in [0.2, 0.25) is 0 Å². The number of amides is 2. The lowest BCUT2D eigenvalue weighted by molar-refractivity contribution is -0.125. The van der Waals surface area contributed by atoms with Gasteiger partial charge in [0.2, 0.25) is 11.9 Å². The first kappa shape index (κ1) is 12.1. The maximum atomic E-state index is 12.6. The summed E-state index contributed by atoms with van der Waals surface area (Å²) in [5.41, 5.74) is 4.82. The zero-order chi connectivity index (χ0) is 12.1. The summed E-state index contributed by atoms with van der Waals surface area (Å²) in [4.78, 5) is 25.1. The summed E-state index contributed by atoms with van der Waals surface area (Å²) >= 11 is 0. The Balaban J connectivity index is 2.56. The fraction of sp³-hybridized carbons (Fsp3) is 0.222. The van der Waals surface area contributed by atoms with Crippen LogP contribution in [-0.2, 0) is 4.79 Å². The summed E-state index contributed by atoms with van der Waals surface area (Å²) in [5.74, 6) is -2.36. The molecule has 0 aliphatic carbocycles. The van der Waals surface area contributed by atoms with Crippen molar-refractivity contribution < 1.29 is 19.1 Å². The monoisotopic (exact) mass is 227 g/mol. The average molecular weight is 227 g/mol. The molecule has 0 saturated carbocycles. The number of aliphatic hydroxyl groups excluding tert-OH is 1. The molecule has 1 rings (SSSR count). The second-order valence-corrected chi connectivity index (χ2v) is 3.00. The number of nitrogens with one attached hydrogen (secondary N) is 1. The van der Waals surface area contributed by atoms with Gasteiger partial charge in [-0.15, -0.1) is 0 Å². The molecule has 1 aromatic rings. The largest absolute Gasteiger partial charge is 0.381 e. The van der Waals surface area contributed by atoms with Crippen molar-refractivity contribution in [2.45, 2.75) is 6.10 Å². The van der Waals surface area contributed by atoms with E-state index in [1.807, 2.05) is 0 Å². The van der Waals surface area contributed by atoms with Crippen LogP contribution in [0.4, 0.5) is 4.39 Å². The minimum absolute atomic E-state index is 0.0455. The van der Waals surface area contributed by atoms with E-state index in [1.165, 1.54) is 6.07 Å². The Morgan fingerprint density at radius 2 is 2.31 bits per heavy atom. The predicted molar refractivity (Wildman–Crippen MR) is 51.7 cm³/mol. The highest BCUT2D eigenvalue weighted by Gasteiger charge is 2.13. The van der Waals surface area contributed by atoms with Crippen molar-refractivity contribution in [1.82, 2.24) is 10.3 Å². The first-order valence-corrected chi connectivity index (χ1v) is 4.38. The van der Waals surface area contributed by atoms with E-state index in [4.69, 9.17) is 10.8 Å². The zero-order valence-corrected chi connectivity index (χ0v) is 8.18. The highest BCUT2D eigenvalue weighted by molar-refractivity contribution is 5.94. The van der Waals surface area contributed by atoms with Gasteiger partial charge in [-0.3, -0.25) is 9.59 Å². The highest BCUT2D eigenvalue weighted by atomic mass is 19.1. The van der Waals surface area contributed by atoms with Gasteiger partial charge in [0.25, 0.3) is 5.91 Å². The normalized spacial score (nSPS) is 11.9. The molecule has 0 bridgehead atoms. The third-order valence-electron chi connectivity index (χ3n) is 1.77. The number of nitrogens with zero attached hydrogens (tertiary/aromatic N) is 1. The number of halogens is 1. The number of aromatic nitrogens is 1. The summed E-state index contributed by atoms with van der Waals surface area (Å²) in [6.45, 7) is -0.321. The Morgan fingerprint density at radius 1 is 1.62 bits per heavy atom. The van der Waals surface area contributed by atoms with E-state index in [-0.39, 0.29) is 12.1 Å². The summed E-state index contributed by atoms with van der Waals surface area (Å²) in [6.07, 6.45) is -0.329. The van der Waals surface area contributed by atoms with Crippen molar-refractivity contribution in [2.24, 2.45) is 5.73 Å². The van der Waals surface area contributed by atoms with Crippen LogP contribution in [0.1, 0.15) is 10.4 Å². The van der Waals surface area contributed by atoms with E-state index >= 15 is 0 Å². The number of nitrogens with two attached hydrogens (primary N) is 1. The molecule has 16 heavy (non-hydrogen) atoms. The van der Waals surface area contributed by atoms with E-state index in [9.17, 15) is 14.0 Å². The second kappa shape index (κ2) is 5.17.